The predicted octanol–water partition coefficient (Wildman–Crippen LogP) is 3.63. The summed E-state index contributed by atoms with van der Waals surface area (Å²) < 4.78 is 9.89. The first-order chi connectivity index (χ1) is 13.0. The molecular weight excluding hydrogens is 342 g/mol. The Morgan fingerprint density at radius 2 is 1.30 bits per heavy atom. The molecule has 0 amide bonds. The summed E-state index contributed by atoms with van der Waals surface area (Å²) in [5.74, 6) is -1.41. The van der Waals surface area contributed by atoms with Crippen LogP contribution in [0, 0.1) is 16.7 Å². The summed E-state index contributed by atoms with van der Waals surface area (Å²) in [5.41, 5.74) is -1.42. The van der Waals surface area contributed by atoms with Gasteiger partial charge in [-0.15, -0.1) is 0 Å². The molecule has 0 fully saturated rings. The Kier molecular flexibility index (Phi) is 6.36. The number of esters is 2. The molecule has 0 spiro atoms. The maximum atomic E-state index is 12.7. The van der Waals surface area contributed by atoms with Crippen molar-refractivity contribution in [2.75, 3.05) is 14.2 Å². The van der Waals surface area contributed by atoms with Crippen molar-refractivity contribution in [2.24, 2.45) is 5.41 Å². The lowest BCUT2D eigenvalue weighted by atomic mass is 9.64. The number of benzene rings is 2. The minimum Gasteiger partial charge on any atom is -0.468 e. The highest BCUT2D eigenvalue weighted by Crippen LogP contribution is 2.45. The summed E-state index contributed by atoms with van der Waals surface area (Å²) in [6.45, 7) is 1.71. The van der Waals surface area contributed by atoms with Crippen LogP contribution in [0.25, 0.3) is 0 Å². The van der Waals surface area contributed by atoms with Gasteiger partial charge in [0.05, 0.1) is 20.3 Å². The molecule has 5 nitrogen and oxygen atoms in total. The van der Waals surface area contributed by atoms with E-state index in [1.54, 1.807) is 6.92 Å². The normalized spacial score (nSPS) is 11.3. The molecule has 2 rings (SSSR count). The summed E-state index contributed by atoms with van der Waals surface area (Å²) >= 11 is 0. The maximum Gasteiger partial charge on any atom is 0.323 e. The molecule has 0 N–H and O–H groups in total. The molecule has 0 atom stereocenters. The van der Waals surface area contributed by atoms with Crippen molar-refractivity contribution in [3.8, 4) is 6.07 Å². The zero-order chi connectivity index (χ0) is 19.9. The quantitative estimate of drug-likeness (QED) is 0.553. The van der Waals surface area contributed by atoms with Crippen LogP contribution in [-0.2, 0) is 24.5 Å². The van der Waals surface area contributed by atoms with Crippen LogP contribution in [-0.4, -0.2) is 26.2 Å². The molecular formula is C22H23NO4. The molecule has 0 aliphatic rings. The molecule has 0 bridgehead atoms. The number of methoxy groups -OCH3 is 2. The highest BCUT2D eigenvalue weighted by molar-refractivity contribution is 6.00. The van der Waals surface area contributed by atoms with Crippen molar-refractivity contribution >= 4 is 11.9 Å². The fourth-order valence-corrected chi connectivity index (χ4v) is 3.47. The van der Waals surface area contributed by atoms with E-state index in [-0.39, 0.29) is 12.8 Å². The van der Waals surface area contributed by atoms with Crippen LogP contribution >= 0.6 is 0 Å². The summed E-state index contributed by atoms with van der Waals surface area (Å²) in [4.78, 5) is 25.4. The Bertz CT molecular complexity index is 769. The zero-order valence-electron chi connectivity index (χ0n) is 15.8. The number of ether oxygens (including phenoxy) is 2. The lowest BCUT2D eigenvalue weighted by Gasteiger charge is -2.36. The first-order valence-electron chi connectivity index (χ1n) is 8.70. The highest BCUT2D eigenvalue weighted by atomic mass is 16.5. The van der Waals surface area contributed by atoms with Crippen LogP contribution < -0.4 is 0 Å². The van der Waals surface area contributed by atoms with Crippen molar-refractivity contribution in [3.63, 3.8) is 0 Å². The minimum absolute atomic E-state index is 0.0830. The van der Waals surface area contributed by atoms with Gasteiger partial charge in [0.1, 0.15) is 5.41 Å². The van der Waals surface area contributed by atoms with Crippen LogP contribution in [0.4, 0.5) is 0 Å². The van der Waals surface area contributed by atoms with Gasteiger partial charge in [-0.05, 0) is 17.5 Å². The van der Waals surface area contributed by atoms with E-state index in [1.165, 1.54) is 14.2 Å². The fourth-order valence-electron chi connectivity index (χ4n) is 3.47. The molecule has 0 aromatic heterocycles. The average Bonchev–Trinajstić information content (AvgIpc) is 2.75. The SMILES string of the molecule is CCC(CC(C#N)(c1ccccc1)c1ccccc1)(C(=O)OC)C(=O)OC. The lowest BCUT2D eigenvalue weighted by molar-refractivity contribution is -0.170. The largest absolute Gasteiger partial charge is 0.468 e. The number of carbonyl (C=O) groups excluding carboxylic acids is 2. The number of hydrogen-bond acceptors (Lipinski definition) is 5. The van der Waals surface area contributed by atoms with Crippen molar-refractivity contribution in [1.82, 2.24) is 0 Å². The number of nitrogens with zero attached hydrogens (tertiary/aromatic N) is 1. The average molecular weight is 365 g/mol. The van der Waals surface area contributed by atoms with E-state index in [1.807, 2.05) is 60.7 Å². The third kappa shape index (κ3) is 3.56. The van der Waals surface area contributed by atoms with E-state index in [0.717, 1.165) is 0 Å². The van der Waals surface area contributed by atoms with Crippen LogP contribution in [0.1, 0.15) is 30.9 Å². The third-order valence-electron chi connectivity index (χ3n) is 5.05. The molecule has 27 heavy (non-hydrogen) atoms. The van der Waals surface area contributed by atoms with Crippen LogP contribution in [0.2, 0.25) is 0 Å². The molecule has 5 heteroatoms. The van der Waals surface area contributed by atoms with Crippen molar-refractivity contribution in [3.05, 3.63) is 71.8 Å². The molecule has 0 saturated heterocycles. The van der Waals surface area contributed by atoms with E-state index in [4.69, 9.17) is 9.47 Å². The molecule has 2 aromatic carbocycles. The Hall–Kier alpha value is -3.13. The predicted molar refractivity (Wildman–Crippen MR) is 101 cm³/mol. The van der Waals surface area contributed by atoms with Crippen LogP contribution in [0.5, 0.6) is 0 Å². The summed E-state index contributed by atoms with van der Waals surface area (Å²) in [6, 6.07) is 20.7. The zero-order valence-corrected chi connectivity index (χ0v) is 15.8. The highest BCUT2D eigenvalue weighted by Gasteiger charge is 2.54. The van der Waals surface area contributed by atoms with Crippen molar-refractivity contribution < 1.29 is 19.1 Å². The molecule has 0 aliphatic heterocycles. The smallest absolute Gasteiger partial charge is 0.323 e. The molecule has 0 radical (unpaired) electrons. The maximum absolute atomic E-state index is 12.7. The van der Waals surface area contributed by atoms with E-state index in [0.29, 0.717) is 11.1 Å². The lowest BCUT2D eigenvalue weighted by Crippen LogP contribution is -2.46. The van der Waals surface area contributed by atoms with Gasteiger partial charge in [0.15, 0.2) is 5.41 Å². The van der Waals surface area contributed by atoms with Gasteiger partial charge < -0.3 is 9.47 Å². The second kappa shape index (κ2) is 8.50. The number of rotatable bonds is 7. The topological polar surface area (TPSA) is 76.4 Å². The summed E-state index contributed by atoms with van der Waals surface area (Å²) in [7, 11) is 2.46. The van der Waals surface area contributed by atoms with Crippen molar-refractivity contribution in [1.29, 1.82) is 5.26 Å². The minimum atomic E-state index is -1.59. The van der Waals surface area contributed by atoms with Gasteiger partial charge in [-0.2, -0.15) is 5.26 Å². The van der Waals surface area contributed by atoms with E-state index in [9.17, 15) is 14.9 Å². The Labute approximate surface area is 159 Å². The number of hydrogen-bond donors (Lipinski definition) is 0. The van der Waals surface area contributed by atoms with Gasteiger partial charge in [0.2, 0.25) is 0 Å². The van der Waals surface area contributed by atoms with Crippen LogP contribution in [0.3, 0.4) is 0 Å². The van der Waals surface area contributed by atoms with Gasteiger partial charge in [-0.25, -0.2) is 0 Å². The van der Waals surface area contributed by atoms with Crippen molar-refractivity contribution in [2.45, 2.75) is 25.2 Å². The van der Waals surface area contributed by atoms with E-state index < -0.39 is 22.8 Å². The Morgan fingerprint density at radius 3 is 1.59 bits per heavy atom. The van der Waals surface area contributed by atoms with Crippen LogP contribution in [0.15, 0.2) is 60.7 Å². The molecule has 140 valence electrons. The van der Waals surface area contributed by atoms with E-state index >= 15 is 0 Å². The fraction of sp³-hybridized carbons (Fsp3) is 0.318. The standard InChI is InChI=1S/C22H23NO4/c1-4-21(19(24)26-2,20(25)27-3)15-22(16-23,17-11-7-5-8-12-17)18-13-9-6-10-14-18/h5-14H,4,15H2,1-3H3. The Balaban J connectivity index is 2.76. The second-order valence-electron chi connectivity index (χ2n) is 6.34. The molecule has 0 unspecified atom stereocenters. The Morgan fingerprint density at radius 1 is 0.889 bits per heavy atom. The summed E-state index contributed by atoms with van der Waals surface area (Å²) in [5, 5.41) is 10.3. The third-order valence-corrected chi connectivity index (χ3v) is 5.05. The first-order valence-corrected chi connectivity index (χ1v) is 8.70. The van der Waals surface area contributed by atoms with Gasteiger partial charge in [-0.3, -0.25) is 9.59 Å². The first kappa shape index (κ1) is 20.2. The molecule has 0 heterocycles. The number of carbonyl (C=O) groups is 2. The molecule has 0 aliphatic carbocycles. The van der Waals surface area contributed by atoms with Gasteiger partial charge >= 0.3 is 11.9 Å². The van der Waals surface area contributed by atoms with Gasteiger partial charge in [-0.1, -0.05) is 67.6 Å². The monoisotopic (exact) mass is 365 g/mol. The summed E-state index contributed by atoms with van der Waals surface area (Å²) in [6.07, 6.45) is 0.0653. The van der Waals surface area contributed by atoms with E-state index in [2.05, 4.69) is 6.07 Å². The van der Waals surface area contributed by atoms with Gasteiger partial charge in [0, 0.05) is 6.42 Å². The number of nitriles is 1. The van der Waals surface area contributed by atoms with Gasteiger partial charge in [0.25, 0.3) is 0 Å². The molecule has 0 saturated carbocycles. The molecule has 2 aromatic rings. The second-order valence-corrected chi connectivity index (χ2v) is 6.34.